The highest BCUT2D eigenvalue weighted by molar-refractivity contribution is 5.79. The molecule has 0 spiro atoms. The van der Waals surface area contributed by atoms with Crippen LogP contribution in [-0.4, -0.2) is 17.1 Å². The lowest BCUT2D eigenvalue weighted by molar-refractivity contribution is 0.240. The van der Waals surface area contributed by atoms with E-state index in [1.54, 1.807) is 12.1 Å². The zero-order valence-corrected chi connectivity index (χ0v) is 13.3. The molecule has 24 heavy (non-hydrogen) atoms. The Morgan fingerprint density at radius 1 is 1.00 bits per heavy atom. The van der Waals surface area contributed by atoms with E-state index in [-0.39, 0.29) is 11.8 Å². The zero-order valence-electron chi connectivity index (χ0n) is 13.3. The van der Waals surface area contributed by atoms with E-state index in [1.165, 1.54) is 23.0 Å². The highest BCUT2D eigenvalue weighted by Crippen LogP contribution is 2.15. The van der Waals surface area contributed by atoms with Crippen molar-refractivity contribution in [2.75, 3.05) is 6.54 Å². The number of halogens is 1. The fraction of sp³-hybridized carbons (Fsp3) is 0.211. The largest absolute Gasteiger partial charge is 0.347 e. The molecule has 0 fully saturated rings. The lowest BCUT2D eigenvalue weighted by Gasteiger charge is -2.09. The van der Waals surface area contributed by atoms with Gasteiger partial charge in [0.1, 0.15) is 5.82 Å². The third-order valence-electron chi connectivity index (χ3n) is 3.91. The molecule has 0 aliphatic rings. The molecule has 0 radical (unpaired) electrons. The summed E-state index contributed by atoms with van der Waals surface area (Å²) in [5, 5.41) is 6.82. The van der Waals surface area contributed by atoms with Gasteiger partial charge in [-0.3, -0.25) is 0 Å². The van der Waals surface area contributed by atoms with Gasteiger partial charge in [0.2, 0.25) is 0 Å². The van der Waals surface area contributed by atoms with Crippen molar-refractivity contribution in [1.82, 2.24) is 15.2 Å². The molecule has 0 atom stereocenters. The summed E-state index contributed by atoms with van der Waals surface area (Å²) in [6.07, 6.45) is 2.92. The van der Waals surface area contributed by atoms with E-state index >= 15 is 0 Å². The van der Waals surface area contributed by atoms with Crippen LogP contribution in [0.4, 0.5) is 9.18 Å². The third kappa shape index (κ3) is 4.13. The number of nitrogens with one attached hydrogen (secondary N) is 2. The Morgan fingerprint density at radius 3 is 2.62 bits per heavy atom. The summed E-state index contributed by atoms with van der Waals surface area (Å²) in [4.78, 5) is 11.8. The van der Waals surface area contributed by atoms with Crippen LogP contribution in [0.3, 0.4) is 0 Å². The molecule has 0 unspecified atom stereocenters. The fourth-order valence-corrected chi connectivity index (χ4v) is 2.63. The number of hydrogen-bond acceptors (Lipinski definition) is 1. The van der Waals surface area contributed by atoms with Gasteiger partial charge in [0, 0.05) is 31.3 Å². The van der Waals surface area contributed by atoms with Gasteiger partial charge in [-0.15, -0.1) is 0 Å². The van der Waals surface area contributed by atoms with Crippen LogP contribution in [0.2, 0.25) is 0 Å². The van der Waals surface area contributed by atoms with Crippen LogP contribution in [-0.2, 0) is 13.1 Å². The molecule has 2 aromatic carbocycles. The van der Waals surface area contributed by atoms with Gasteiger partial charge in [-0.2, -0.15) is 0 Å². The predicted molar refractivity (Wildman–Crippen MR) is 93.2 cm³/mol. The quantitative estimate of drug-likeness (QED) is 0.667. The van der Waals surface area contributed by atoms with Crippen molar-refractivity contribution < 1.29 is 9.18 Å². The monoisotopic (exact) mass is 325 g/mol. The third-order valence-corrected chi connectivity index (χ3v) is 3.91. The first-order valence-corrected chi connectivity index (χ1v) is 8.02. The molecule has 0 aliphatic heterocycles. The Balaban J connectivity index is 1.38. The van der Waals surface area contributed by atoms with Crippen molar-refractivity contribution in [2.45, 2.75) is 19.5 Å². The molecule has 5 heteroatoms. The molecule has 0 saturated carbocycles. The summed E-state index contributed by atoms with van der Waals surface area (Å²) in [5.74, 6) is -0.277. The number of urea groups is 1. The van der Waals surface area contributed by atoms with E-state index < -0.39 is 0 Å². The van der Waals surface area contributed by atoms with E-state index in [4.69, 9.17) is 0 Å². The Hall–Kier alpha value is -2.82. The molecule has 4 nitrogen and oxygen atoms in total. The van der Waals surface area contributed by atoms with Gasteiger partial charge in [-0.25, -0.2) is 9.18 Å². The van der Waals surface area contributed by atoms with Crippen molar-refractivity contribution in [3.63, 3.8) is 0 Å². The molecule has 2 N–H and O–H groups in total. The topological polar surface area (TPSA) is 46.1 Å². The van der Waals surface area contributed by atoms with E-state index in [9.17, 15) is 9.18 Å². The van der Waals surface area contributed by atoms with Gasteiger partial charge in [-0.05, 0) is 41.6 Å². The van der Waals surface area contributed by atoms with Gasteiger partial charge in [-0.1, -0.05) is 30.3 Å². The minimum atomic E-state index is -0.277. The second kappa shape index (κ2) is 7.64. The van der Waals surface area contributed by atoms with Crippen molar-refractivity contribution in [1.29, 1.82) is 0 Å². The number of aryl methyl sites for hydroxylation is 1. The fourth-order valence-electron chi connectivity index (χ4n) is 2.63. The molecule has 124 valence electrons. The molecule has 0 bridgehead atoms. The van der Waals surface area contributed by atoms with Gasteiger partial charge < -0.3 is 15.2 Å². The van der Waals surface area contributed by atoms with Gasteiger partial charge in [0.25, 0.3) is 0 Å². The maximum Gasteiger partial charge on any atom is 0.315 e. The molecule has 3 rings (SSSR count). The molecular formula is C19H20FN3O. The van der Waals surface area contributed by atoms with Gasteiger partial charge >= 0.3 is 6.03 Å². The summed E-state index contributed by atoms with van der Waals surface area (Å²) in [5.41, 5.74) is 2.07. The van der Waals surface area contributed by atoms with E-state index in [0.717, 1.165) is 18.5 Å². The van der Waals surface area contributed by atoms with Gasteiger partial charge in [0.05, 0.1) is 0 Å². The van der Waals surface area contributed by atoms with Crippen LogP contribution in [0.1, 0.15) is 12.0 Å². The van der Waals surface area contributed by atoms with Crippen LogP contribution in [0.15, 0.2) is 60.8 Å². The van der Waals surface area contributed by atoms with Crippen LogP contribution < -0.4 is 10.6 Å². The summed E-state index contributed by atoms with van der Waals surface area (Å²) in [7, 11) is 0. The van der Waals surface area contributed by atoms with Gasteiger partial charge in [0.15, 0.2) is 0 Å². The van der Waals surface area contributed by atoms with Crippen molar-refractivity contribution in [3.05, 3.63) is 72.2 Å². The summed E-state index contributed by atoms with van der Waals surface area (Å²) < 4.78 is 15.0. The molecule has 0 aliphatic carbocycles. The highest BCUT2D eigenvalue weighted by atomic mass is 19.1. The SMILES string of the molecule is O=C(NCCCn1ccc2ccccc21)NCc1ccc(F)cc1. The second-order valence-corrected chi connectivity index (χ2v) is 5.66. The minimum Gasteiger partial charge on any atom is -0.347 e. The predicted octanol–water partition coefficient (Wildman–Crippen LogP) is 3.67. The van der Waals surface area contributed by atoms with Crippen LogP contribution in [0, 0.1) is 5.82 Å². The highest BCUT2D eigenvalue weighted by Gasteiger charge is 2.02. The number of amides is 2. The molecular weight excluding hydrogens is 305 g/mol. The molecule has 1 aromatic heterocycles. The van der Waals surface area contributed by atoms with Crippen LogP contribution in [0.5, 0.6) is 0 Å². The normalized spacial score (nSPS) is 10.7. The smallest absolute Gasteiger partial charge is 0.315 e. The number of benzene rings is 2. The molecule has 2 amide bonds. The number of rotatable bonds is 6. The summed E-state index contributed by atoms with van der Waals surface area (Å²) in [6.45, 7) is 1.84. The molecule has 0 saturated heterocycles. The lowest BCUT2D eigenvalue weighted by Crippen LogP contribution is -2.35. The number of fused-ring (bicyclic) bond motifs is 1. The second-order valence-electron chi connectivity index (χ2n) is 5.66. The van der Waals surface area contributed by atoms with Crippen LogP contribution >= 0.6 is 0 Å². The van der Waals surface area contributed by atoms with E-state index in [0.29, 0.717) is 13.1 Å². The van der Waals surface area contributed by atoms with Crippen LogP contribution in [0.25, 0.3) is 10.9 Å². The number of hydrogen-bond donors (Lipinski definition) is 2. The minimum absolute atomic E-state index is 0.211. The Morgan fingerprint density at radius 2 is 1.79 bits per heavy atom. The average Bonchev–Trinajstić information content (AvgIpc) is 3.01. The standard InChI is InChI=1S/C19H20FN3O/c20-17-8-6-15(7-9-17)14-22-19(24)21-11-3-12-23-13-10-16-4-1-2-5-18(16)23/h1-2,4-10,13H,3,11-12,14H2,(H2,21,22,24). The first kappa shape index (κ1) is 16.1. The zero-order chi connectivity index (χ0) is 16.8. The summed E-state index contributed by atoms with van der Waals surface area (Å²) in [6, 6.07) is 16.2. The van der Waals surface area contributed by atoms with Crippen molar-refractivity contribution in [3.8, 4) is 0 Å². The van der Waals surface area contributed by atoms with E-state index in [2.05, 4.69) is 39.6 Å². The lowest BCUT2D eigenvalue weighted by atomic mass is 10.2. The number of para-hydroxylation sites is 1. The first-order valence-electron chi connectivity index (χ1n) is 8.02. The van der Waals surface area contributed by atoms with Crippen molar-refractivity contribution >= 4 is 16.9 Å². The van der Waals surface area contributed by atoms with E-state index in [1.807, 2.05) is 12.1 Å². The summed E-state index contributed by atoms with van der Waals surface area (Å²) >= 11 is 0. The Kier molecular flexibility index (Phi) is 5.11. The maximum atomic E-state index is 12.8. The molecule has 1 heterocycles. The number of aromatic nitrogens is 1. The average molecular weight is 325 g/mol. The number of carbonyl (C=O) groups is 1. The Labute approximate surface area is 140 Å². The van der Waals surface area contributed by atoms with Crippen molar-refractivity contribution in [2.24, 2.45) is 0 Å². The first-order chi connectivity index (χ1) is 11.7. The molecule has 3 aromatic rings. The Bertz CT molecular complexity index is 811. The number of carbonyl (C=O) groups excluding carboxylic acids is 1. The number of nitrogens with zero attached hydrogens (tertiary/aromatic N) is 1. The maximum absolute atomic E-state index is 12.8.